The number of unbranched alkanes of at least 4 members (excludes halogenated alkanes) is 1. The number of phenolic OH excluding ortho intramolecular Hbond substituents is 1. The molecule has 15 amide bonds. The second-order valence-corrected chi connectivity index (χ2v) is 31.3. The predicted molar refractivity (Wildman–Crippen MR) is 435 cm³/mol. The molecule has 27 N–H and O–H groups in total. The molecule has 0 unspecified atom stereocenters. The normalized spacial score (nSPS) is 15.8. The lowest BCUT2D eigenvalue weighted by atomic mass is 10.00. The van der Waals surface area contributed by atoms with Gasteiger partial charge in [0.15, 0.2) is 0 Å². The molecule has 18 atom stereocenters. The second kappa shape index (κ2) is 53.8. The van der Waals surface area contributed by atoms with Gasteiger partial charge in [-0.25, -0.2) is 4.79 Å². The maximum absolute atomic E-state index is 14.6. The summed E-state index contributed by atoms with van der Waals surface area (Å²) in [6, 6.07) is -12.2. The summed E-state index contributed by atoms with van der Waals surface area (Å²) in [5.74, 6) is -19.3. The number of carbonyl (C=O) groups is 17. The molecule has 0 aliphatic heterocycles. The number of nitrogens with one attached hydrogen (secondary N) is 15. The Hall–Kier alpha value is -10.7. The van der Waals surface area contributed by atoms with Gasteiger partial charge in [0.2, 0.25) is 88.6 Å². The lowest BCUT2D eigenvalue weighted by molar-refractivity contribution is -0.147. The number of carboxylic acid groups (broad SMARTS) is 2. The number of rotatable bonds is 55. The lowest BCUT2D eigenvalue weighted by Crippen LogP contribution is -2.63. The van der Waals surface area contributed by atoms with E-state index in [-0.39, 0.29) is 74.1 Å². The van der Waals surface area contributed by atoms with Crippen molar-refractivity contribution in [3.05, 3.63) is 65.7 Å². The standard InChI is InChI=1S/C77H123N17O25S/c1-37(2)28-51(85-65(106)48(79)34-95)69(110)83-49(20-16-17-26-78)67(108)86-52(29-38(3)4)70(111)84-50(25-27-120-12)66(107)80-42(9)64(105)93-60(43(10)98)75(116)88-53(30-39(5)6)71(112)87-55(31-45-18-14-13-15-19-45)72(113)92-58(36-97)74(115)94-61(44(11)99)76(117)89-54(32-46-21-23-47(100)24-22-46)68(109)81-41(8)63(104)91-57(35-96)73(114)82-40(7)62(103)90-56(77(118)119)33-59(101)102/h13-15,18-19,21-24,37-44,48-58,60-61,95-100H,16-17,20,25-36,78-79H2,1-12H3,(H,80,107)(H,81,109)(H,82,114)(H,83,110)(H,84,111)(H,85,106)(H,86,108)(H,87,112)(H,88,116)(H,89,117)(H,90,103)(H,91,104)(H,92,113)(H,93,105)(H,94,115)(H,101,102)(H,118,119)/t40-,41-,42-,43+,44+,48-,49-,50-,51-,52-,53-,54-,55-,56-,57-,58-,60-,61-/m0/s1. The van der Waals surface area contributed by atoms with E-state index >= 15 is 0 Å². The molecule has 43 heteroatoms. The number of thioether (sulfide) groups is 1. The lowest BCUT2D eigenvalue weighted by Gasteiger charge is -2.29. The Bertz CT molecular complexity index is 3750. The Morgan fingerprint density at radius 3 is 1.07 bits per heavy atom. The fourth-order valence-corrected chi connectivity index (χ4v) is 12.1. The van der Waals surface area contributed by atoms with E-state index in [1.807, 2.05) is 5.32 Å². The number of nitrogens with two attached hydrogens (primary N) is 2. The minimum atomic E-state index is -2.00. The van der Waals surface area contributed by atoms with Crippen molar-refractivity contribution < 1.29 is 122 Å². The van der Waals surface area contributed by atoms with E-state index in [4.69, 9.17) is 16.6 Å². The van der Waals surface area contributed by atoms with Crippen molar-refractivity contribution >= 4 is 112 Å². The summed E-state index contributed by atoms with van der Waals surface area (Å²) in [5.41, 5.74) is 12.2. The van der Waals surface area contributed by atoms with Gasteiger partial charge in [0, 0.05) is 12.8 Å². The van der Waals surface area contributed by atoms with Crippen LogP contribution in [0.15, 0.2) is 54.6 Å². The number of benzene rings is 2. The van der Waals surface area contributed by atoms with Gasteiger partial charge in [0.1, 0.15) is 102 Å². The molecular weight excluding hydrogens is 1600 g/mol. The SMILES string of the molecule is CSCC[C@H](NC(=O)[C@H](CC(C)C)NC(=O)[C@H](CCCCN)NC(=O)[C@H](CC(C)C)NC(=O)[C@@H](N)CO)C(=O)N[C@@H](C)C(=O)N[C@H](C(=O)N[C@@H](CC(C)C)C(=O)N[C@@H](Cc1ccccc1)C(=O)N[C@@H](CO)C(=O)N[C@H](C(=O)N[C@@H](Cc1ccc(O)cc1)C(=O)N[C@@H](C)C(=O)N[C@@H](CO)C(=O)N[C@@H](C)C(=O)N[C@@H](CC(=O)O)C(=O)O)[C@@H](C)O)[C@@H](C)O. The van der Waals surface area contributed by atoms with Crippen LogP contribution in [0, 0.1) is 17.8 Å². The first-order valence-corrected chi connectivity index (χ1v) is 40.7. The number of aromatic hydroxyl groups is 1. The first-order chi connectivity index (χ1) is 56.3. The first-order valence-electron chi connectivity index (χ1n) is 39.3. The Balaban J connectivity index is 2.41. The van der Waals surface area contributed by atoms with Crippen molar-refractivity contribution in [1.29, 1.82) is 0 Å². The fourth-order valence-electron chi connectivity index (χ4n) is 11.6. The number of carbonyl (C=O) groups excluding carboxylic acids is 15. The second-order valence-electron chi connectivity index (χ2n) is 30.4. The van der Waals surface area contributed by atoms with Crippen molar-refractivity contribution in [2.24, 2.45) is 29.2 Å². The number of hydrogen-bond donors (Lipinski definition) is 25. The summed E-state index contributed by atoms with van der Waals surface area (Å²) >= 11 is 1.32. The number of aliphatic hydroxyl groups is 5. The highest BCUT2D eigenvalue weighted by molar-refractivity contribution is 7.98. The van der Waals surface area contributed by atoms with Crippen molar-refractivity contribution in [3.8, 4) is 5.75 Å². The number of amides is 15. The number of aliphatic carboxylic acids is 2. The smallest absolute Gasteiger partial charge is 0.326 e. The summed E-state index contributed by atoms with van der Waals surface area (Å²) in [5, 5.41) is 117. The first kappa shape index (κ1) is 105. The van der Waals surface area contributed by atoms with Crippen molar-refractivity contribution in [2.45, 2.75) is 249 Å². The molecule has 42 nitrogen and oxygen atoms in total. The van der Waals surface area contributed by atoms with Crippen LogP contribution in [0.5, 0.6) is 5.75 Å². The van der Waals surface area contributed by atoms with E-state index in [0.29, 0.717) is 24.2 Å². The van der Waals surface area contributed by atoms with Gasteiger partial charge in [0.25, 0.3) is 0 Å². The molecule has 0 saturated carbocycles. The average Bonchev–Trinajstić information content (AvgIpc) is 0.839. The molecule has 672 valence electrons. The van der Waals surface area contributed by atoms with Gasteiger partial charge < -0.3 is 132 Å². The van der Waals surface area contributed by atoms with Crippen LogP contribution in [0.2, 0.25) is 0 Å². The summed E-state index contributed by atoms with van der Waals surface area (Å²) in [6.45, 7) is 13.5. The Kier molecular flexibility index (Phi) is 47.2. The molecule has 0 bridgehead atoms. The van der Waals surface area contributed by atoms with E-state index in [9.17, 15) is 117 Å². The third-order valence-electron chi connectivity index (χ3n) is 18.3. The fraction of sp³-hybridized carbons (Fsp3) is 0.623. The number of hydrogen-bond acceptors (Lipinski definition) is 26. The Labute approximate surface area is 699 Å². The van der Waals surface area contributed by atoms with E-state index in [0.717, 1.165) is 27.7 Å². The summed E-state index contributed by atoms with van der Waals surface area (Å²) < 4.78 is 0. The number of phenols is 1. The minimum Gasteiger partial charge on any atom is -0.508 e. The summed E-state index contributed by atoms with van der Waals surface area (Å²) in [6.07, 6.45) is -2.57. The molecule has 2 rings (SSSR count). The van der Waals surface area contributed by atoms with Gasteiger partial charge in [-0.05, 0) is 139 Å². The monoisotopic (exact) mass is 1720 g/mol. The highest BCUT2D eigenvalue weighted by atomic mass is 32.2. The van der Waals surface area contributed by atoms with Gasteiger partial charge in [-0.2, -0.15) is 11.8 Å². The van der Waals surface area contributed by atoms with Crippen molar-refractivity contribution in [2.75, 3.05) is 38.4 Å². The predicted octanol–water partition coefficient (Wildman–Crippen LogP) is -6.85. The highest BCUT2D eigenvalue weighted by Crippen LogP contribution is 2.17. The molecule has 0 aliphatic carbocycles. The highest BCUT2D eigenvalue weighted by Gasteiger charge is 2.40. The van der Waals surface area contributed by atoms with Gasteiger partial charge in [-0.3, -0.25) is 76.7 Å². The van der Waals surface area contributed by atoms with Crippen LogP contribution in [-0.2, 0) is 94.3 Å². The van der Waals surface area contributed by atoms with Crippen LogP contribution in [-0.4, -0.2) is 289 Å². The molecule has 2 aromatic rings. The molecular formula is C77H123N17O25S. The molecule has 0 spiro atoms. The largest absolute Gasteiger partial charge is 0.508 e. The third kappa shape index (κ3) is 38.1. The molecule has 0 saturated heterocycles. The van der Waals surface area contributed by atoms with Crippen LogP contribution < -0.4 is 91.2 Å². The van der Waals surface area contributed by atoms with Gasteiger partial charge in [-0.1, -0.05) is 84.0 Å². The Morgan fingerprint density at radius 1 is 0.358 bits per heavy atom. The Morgan fingerprint density at radius 2 is 0.675 bits per heavy atom. The quantitative estimate of drug-likeness (QED) is 0.0274. The van der Waals surface area contributed by atoms with Gasteiger partial charge in [-0.15, -0.1) is 0 Å². The molecule has 2 aromatic carbocycles. The van der Waals surface area contributed by atoms with Crippen LogP contribution in [0.3, 0.4) is 0 Å². The molecule has 0 radical (unpaired) electrons. The van der Waals surface area contributed by atoms with Crippen LogP contribution >= 0.6 is 11.8 Å². The summed E-state index contributed by atoms with van der Waals surface area (Å²) in [4.78, 5) is 231. The van der Waals surface area contributed by atoms with E-state index in [1.165, 1.54) is 43.0 Å². The zero-order valence-electron chi connectivity index (χ0n) is 69.5. The minimum absolute atomic E-state index is 0.000553. The van der Waals surface area contributed by atoms with Crippen molar-refractivity contribution in [1.82, 2.24) is 79.8 Å². The van der Waals surface area contributed by atoms with E-state index in [1.54, 1.807) is 78.1 Å². The number of carboxylic acids is 2. The maximum atomic E-state index is 14.6. The maximum Gasteiger partial charge on any atom is 0.326 e. The topological polar surface area (TPSA) is 685 Å². The van der Waals surface area contributed by atoms with Crippen LogP contribution in [0.4, 0.5) is 0 Å². The van der Waals surface area contributed by atoms with Crippen LogP contribution in [0.25, 0.3) is 0 Å². The average molecular weight is 1720 g/mol. The summed E-state index contributed by atoms with van der Waals surface area (Å²) in [7, 11) is 0. The molecule has 0 fully saturated rings. The molecule has 0 heterocycles. The zero-order chi connectivity index (χ0) is 91.0. The number of aliphatic hydroxyl groups excluding tert-OH is 5. The van der Waals surface area contributed by atoms with Gasteiger partial charge >= 0.3 is 11.9 Å². The zero-order valence-corrected chi connectivity index (χ0v) is 70.3. The molecule has 0 aliphatic rings. The third-order valence-corrected chi connectivity index (χ3v) is 19.0. The van der Waals surface area contributed by atoms with E-state index in [2.05, 4.69) is 74.4 Å². The van der Waals surface area contributed by atoms with Crippen molar-refractivity contribution in [3.63, 3.8) is 0 Å². The van der Waals surface area contributed by atoms with E-state index < -0.39 is 242 Å². The van der Waals surface area contributed by atoms with Gasteiger partial charge in [0.05, 0.1) is 38.4 Å². The molecule has 0 aromatic heterocycles. The van der Waals surface area contributed by atoms with Crippen LogP contribution in [0.1, 0.15) is 139 Å². The molecule has 120 heavy (non-hydrogen) atoms.